The average molecular weight is 488 g/mol. The van der Waals surface area contributed by atoms with E-state index in [2.05, 4.69) is 20.9 Å². The Bertz CT molecular complexity index is 1180. The lowest BCUT2D eigenvalue weighted by atomic mass is 9.96. The molecule has 0 aliphatic carbocycles. The average Bonchev–Trinajstić information content (AvgIpc) is 3.01. The highest BCUT2D eigenvalue weighted by molar-refractivity contribution is 9.10. The van der Waals surface area contributed by atoms with Gasteiger partial charge in [-0.2, -0.15) is 0 Å². The number of carbonyl (C=O) groups is 2. The first-order valence-electron chi connectivity index (χ1n) is 8.80. The third-order valence-electron chi connectivity index (χ3n) is 4.77. The van der Waals surface area contributed by atoms with Crippen LogP contribution >= 0.6 is 27.5 Å². The second-order valence-electron chi connectivity index (χ2n) is 6.55. The van der Waals surface area contributed by atoms with Gasteiger partial charge in [0, 0.05) is 28.1 Å². The zero-order chi connectivity index (χ0) is 21.4. The van der Waals surface area contributed by atoms with Crippen LogP contribution in [0.15, 0.2) is 77.0 Å². The van der Waals surface area contributed by atoms with E-state index >= 15 is 0 Å². The summed E-state index contributed by atoms with van der Waals surface area (Å²) < 4.78 is 14.5. The van der Waals surface area contributed by atoms with Crippen LogP contribution in [0.4, 0.5) is 10.1 Å². The van der Waals surface area contributed by atoms with Gasteiger partial charge in [0.15, 0.2) is 0 Å². The van der Waals surface area contributed by atoms with E-state index in [1.807, 2.05) is 0 Å². The van der Waals surface area contributed by atoms with Crippen molar-refractivity contribution in [3.8, 4) is 0 Å². The number of anilines is 1. The molecule has 1 atom stereocenters. The minimum absolute atomic E-state index is 0.0750. The van der Waals surface area contributed by atoms with Gasteiger partial charge in [-0.25, -0.2) is 4.39 Å². The van der Waals surface area contributed by atoms with Gasteiger partial charge >= 0.3 is 0 Å². The molecule has 4 rings (SSSR count). The van der Waals surface area contributed by atoms with Crippen molar-refractivity contribution in [1.82, 2.24) is 4.98 Å². The van der Waals surface area contributed by atoms with Gasteiger partial charge in [0.25, 0.3) is 11.7 Å². The molecule has 1 saturated heterocycles. The maximum Gasteiger partial charge on any atom is 0.300 e. The molecule has 1 aliphatic rings. The summed E-state index contributed by atoms with van der Waals surface area (Å²) in [4.78, 5) is 31.1. The molecule has 1 N–H and O–H groups in total. The Balaban J connectivity index is 1.94. The molecular formula is C22H13BrClFN2O3. The van der Waals surface area contributed by atoms with Gasteiger partial charge < -0.3 is 5.11 Å². The standard InChI is InChI=1S/C22H13BrClFN2O3/c23-14-3-1-13(2-4-14)20(28)18-19(12-7-9-26-10-8-12)27(22(30)21(18)29)15-5-6-17(25)16(24)11-15/h1-11,19,28H/b20-18+. The van der Waals surface area contributed by atoms with E-state index in [4.69, 9.17) is 11.6 Å². The fraction of sp³-hybridized carbons (Fsp3) is 0.0455. The predicted molar refractivity (Wildman–Crippen MR) is 115 cm³/mol. The number of pyridine rings is 1. The number of aromatic nitrogens is 1. The predicted octanol–water partition coefficient (Wildman–Crippen LogP) is 5.26. The summed E-state index contributed by atoms with van der Waals surface area (Å²) in [6.45, 7) is 0. The summed E-state index contributed by atoms with van der Waals surface area (Å²) in [5, 5.41) is 10.8. The number of aliphatic hydroxyl groups excluding tert-OH is 1. The quantitative estimate of drug-likeness (QED) is 0.311. The van der Waals surface area contributed by atoms with Crippen LogP contribution in [0.25, 0.3) is 5.76 Å². The van der Waals surface area contributed by atoms with Gasteiger partial charge in [0.05, 0.1) is 16.6 Å². The van der Waals surface area contributed by atoms with Gasteiger partial charge in [-0.1, -0.05) is 39.7 Å². The SMILES string of the molecule is O=C1C(=O)N(c2ccc(F)c(Cl)c2)C(c2ccncc2)/C1=C(\O)c1ccc(Br)cc1. The van der Waals surface area contributed by atoms with Gasteiger partial charge in [-0.3, -0.25) is 19.5 Å². The minimum atomic E-state index is -0.932. The van der Waals surface area contributed by atoms with Crippen molar-refractivity contribution in [1.29, 1.82) is 0 Å². The summed E-state index contributed by atoms with van der Waals surface area (Å²) in [5.74, 6) is -2.65. The molecule has 1 fully saturated rings. The molecule has 1 amide bonds. The third-order valence-corrected chi connectivity index (χ3v) is 5.58. The number of hydrogen-bond acceptors (Lipinski definition) is 4. The highest BCUT2D eigenvalue weighted by Gasteiger charge is 2.47. The summed E-state index contributed by atoms with van der Waals surface area (Å²) in [5.41, 5.74) is 1.10. The zero-order valence-corrected chi connectivity index (χ0v) is 17.6. The largest absolute Gasteiger partial charge is 0.507 e. The number of ketones is 1. The Morgan fingerprint density at radius 2 is 1.73 bits per heavy atom. The zero-order valence-electron chi connectivity index (χ0n) is 15.2. The molecule has 0 saturated carbocycles. The van der Waals surface area contributed by atoms with E-state index < -0.39 is 23.5 Å². The molecular weight excluding hydrogens is 475 g/mol. The Morgan fingerprint density at radius 3 is 2.37 bits per heavy atom. The van der Waals surface area contributed by atoms with Gasteiger partial charge in [-0.05, 0) is 48.0 Å². The van der Waals surface area contributed by atoms with Gasteiger partial charge in [0.2, 0.25) is 0 Å². The molecule has 30 heavy (non-hydrogen) atoms. The van der Waals surface area contributed by atoms with Gasteiger partial charge in [-0.15, -0.1) is 0 Å². The van der Waals surface area contributed by atoms with Crippen LogP contribution < -0.4 is 4.90 Å². The van der Waals surface area contributed by atoms with Crippen LogP contribution in [-0.4, -0.2) is 21.8 Å². The number of rotatable bonds is 3. The van der Waals surface area contributed by atoms with Crippen molar-refractivity contribution >= 4 is 50.7 Å². The topological polar surface area (TPSA) is 70.5 Å². The first kappa shape index (κ1) is 20.3. The lowest BCUT2D eigenvalue weighted by molar-refractivity contribution is -0.132. The maximum absolute atomic E-state index is 13.7. The lowest BCUT2D eigenvalue weighted by Crippen LogP contribution is -2.29. The number of carbonyl (C=O) groups excluding carboxylic acids is 2. The van der Waals surface area contributed by atoms with Crippen LogP contribution in [0.5, 0.6) is 0 Å². The lowest BCUT2D eigenvalue weighted by Gasteiger charge is -2.25. The van der Waals surface area contributed by atoms with E-state index in [0.717, 1.165) is 10.5 Å². The maximum atomic E-state index is 13.7. The normalized spacial score (nSPS) is 18.1. The molecule has 1 aromatic heterocycles. The molecule has 8 heteroatoms. The summed E-state index contributed by atoms with van der Waals surface area (Å²) in [6, 6.07) is 12.8. The van der Waals surface area contributed by atoms with Crippen molar-refractivity contribution in [3.63, 3.8) is 0 Å². The summed E-state index contributed by atoms with van der Waals surface area (Å²) in [7, 11) is 0. The van der Waals surface area contributed by atoms with E-state index in [-0.39, 0.29) is 22.0 Å². The second-order valence-corrected chi connectivity index (χ2v) is 7.88. The molecule has 0 radical (unpaired) electrons. The molecule has 150 valence electrons. The molecule has 1 aliphatic heterocycles. The molecule has 0 spiro atoms. The molecule has 0 bridgehead atoms. The number of halogens is 3. The monoisotopic (exact) mass is 486 g/mol. The Morgan fingerprint density at radius 1 is 1.07 bits per heavy atom. The van der Waals surface area contributed by atoms with Crippen molar-refractivity contribution in [2.75, 3.05) is 4.90 Å². The van der Waals surface area contributed by atoms with E-state index in [0.29, 0.717) is 11.1 Å². The number of benzene rings is 2. The molecule has 2 aromatic carbocycles. The number of nitrogens with zero attached hydrogens (tertiary/aromatic N) is 2. The van der Waals surface area contributed by atoms with Crippen LogP contribution in [0.2, 0.25) is 5.02 Å². The first-order chi connectivity index (χ1) is 14.4. The Hall–Kier alpha value is -3.03. The highest BCUT2D eigenvalue weighted by Crippen LogP contribution is 2.42. The molecule has 1 unspecified atom stereocenters. The fourth-order valence-corrected chi connectivity index (χ4v) is 3.80. The van der Waals surface area contributed by atoms with Crippen LogP contribution in [-0.2, 0) is 9.59 Å². The summed E-state index contributed by atoms with van der Waals surface area (Å²) >= 11 is 9.23. The van der Waals surface area contributed by atoms with Crippen LogP contribution in [0.3, 0.4) is 0 Å². The van der Waals surface area contributed by atoms with Crippen molar-refractivity contribution in [3.05, 3.63) is 99.0 Å². The van der Waals surface area contributed by atoms with E-state index in [9.17, 15) is 19.1 Å². The van der Waals surface area contributed by atoms with Crippen molar-refractivity contribution in [2.24, 2.45) is 0 Å². The molecule has 5 nitrogen and oxygen atoms in total. The van der Waals surface area contributed by atoms with Crippen molar-refractivity contribution in [2.45, 2.75) is 6.04 Å². The number of hydrogen-bond donors (Lipinski definition) is 1. The highest BCUT2D eigenvalue weighted by atomic mass is 79.9. The fourth-order valence-electron chi connectivity index (χ4n) is 3.36. The van der Waals surface area contributed by atoms with E-state index in [1.54, 1.807) is 36.4 Å². The molecule has 3 aromatic rings. The number of Topliss-reactive ketones (excluding diaryl/α,β-unsaturated/α-hetero) is 1. The van der Waals surface area contributed by atoms with E-state index in [1.165, 1.54) is 29.4 Å². The van der Waals surface area contributed by atoms with Crippen molar-refractivity contribution < 1.29 is 19.1 Å². The first-order valence-corrected chi connectivity index (χ1v) is 9.97. The third kappa shape index (κ3) is 3.51. The number of amides is 1. The Labute approximate surface area is 184 Å². The van der Waals surface area contributed by atoms with Gasteiger partial charge in [0.1, 0.15) is 11.6 Å². The Kier molecular flexibility index (Phi) is 5.40. The van der Waals surface area contributed by atoms with Crippen LogP contribution in [0.1, 0.15) is 17.2 Å². The molecule has 2 heterocycles. The van der Waals surface area contributed by atoms with Crippen LogP contribution in [0, 0.1) is 5.82 Å². The smallest absolute Gasteiger partial charge is 0.300 e. The minimum Gasteiger partial charge on any atom is -0.507 e. The summed E-state index contributed by atoms with van der Waals surface area (Å²) in [6.07, 6.45) is 3.04. The number of aliphatic hydroxyl groups is 1. The second kappa shape index (κ2) is 8.01.